The molecule has 1 fully saturated rings. The average Bonchev–Trinajstić information content (AvgIpc) is 2.88. The van der Waals surface area contributed by atoms with Gasteiger partial charge >= 0.3 is 6.18 Å². The summed E-state index contributed by atoms with van der Waals surface area (Å²) in [7, 11) is 2.00. The van der Waals surface area contributed by atoms with Crippen LogP contribution in [0.25, 0.3) is 22.0 Å². The maximum absolute atomic E-state index is 13.5. The standard InChI is InChI=1S/C28H27F3N6O/c1-17-3-4-19(14-22(17)18-5-7-23-20(13-18)16-33-27(32)35-23)26(38)34-24-15-21(28(29,30)31)6-8-25(24)37-11-9-36(2)10-12-37/h3-8,13-16H,9-12H2,1-2H3,(H,34,38)(H2,32,33,35). The number of rotatable bonds is 4. The van der Waals surface area contributed by atoms with Crippen LogP contribution in [0, 0.1) is 6.92 Å². The first-order valence-electron chi connectivity index (χ1n) is 12.2. The molecule has 2 heterocycles. The van der Waals surface area contributed by atoms with Crippen molar-refractivity contribution >= 4 is 34.1 Å². The highest BCUT2D eigenvalue weighted by Crippen LogP contribution is 2.36. The van der Waals surface area contributed by atoms with Gasteiger partial charge in [0.25, 0.3) is 5.91 Å². The van der Waals surface area contributed by atoms with Crippen LogP contribution >= 0.6 is 0 Å². The molecule has 10 heteroatoms. The van der Waals surface area contributed by atoms with E-state index in [4.69, 9.17) is 5.73 Å². The normalized spacial score (nSPS) is 14.6. The Hall–Kier alpha value is -4.18. The number of carbonyl (C=O) groups excluding carboxylic acids is 1. The van der Waals surface area contributed by atoms with E-state index in [0.717, 1.165) is 47.3 Å². The van der Waals surface area contributed by atoms with Crippen LogP contribution in [0.3, 0.4) is 0 Å². The van der Waals surface area contributed by atoms with E-state index >= 15 is 0 Å². The second-order valence-corrected chi connectivity index (χ2v) is 9.51. The number of hydrogen-bond donors (Lipinski definition) is 2. The number of likely N-dealkylation sites (N-methyl/N-ethyl adjacent to an activating group) is 1. The van der Waals surface area contributed by atoms with E-state index in [1.54, 1.807) is 18.3 Å². The SMILES string of the molecule is Cc1ccc(C(=O)Nc2cc(C(F)(F)F)ccc2N2CCN(C)CC2)cc1-c1ccc2nc(N)ncc2c1. The van der Waals surface area contributed by atoms with Gasteiger partial charge in [0.05, 0.1) is 22.5 Å². The molecule has 3 aromatic carbocycles. The molecule has 0 radical (unpaired) electrons. The van der Waals surface area contributed by atoms with Crippen LogP contribution < -0.4 is 16.0 Å². The number of halogens is 3. The molecule has 3 N–H and O–H groups in total. The van der Waals surface area contributed by atoms with Crippen molar-refractivity contribution in [1.82, 2.24) is 14.9 Å². The fraction of sp³-hybridized carbons (Fsp3) is 0.250. The summed E-state index contributed by atoms with van der Waals surface area (Å²) in [5, 5.41) is 3.55. The molecule has 0 atom stereocenters. The third-order valence-corrected chi connectivity index (χ3v) is 6.83. The summed E-state index contributed by atoms with van der Waals surface area (Å²) in [6.07, 6.45) is -2.89. The number of anilines is 3. The molecule has 0 bridgehead atoms. The number of nitrogens with one attached hydrogen (secondary N) is 1. The summed E-state index contributed by atoms with van der Waals surface area (Å²) >= 11 is 0. The van der Waals surface area contributed by atoms with E-state index in [1.807, 2.05) is 43.1 Å². The summed E-state index contributed by atoms with van der Waals surface area (Å²) in [6.45, 7) is 4.78. The van der Waals surface area contributed by atoms with E-state index in [9.17, 15) is 18.0 Å². The van der Waals surface area contributed by atoms with Gasteiger partial charge in [-0.3, -0.25) is 4.79 Å². The predicted molar refractivity (Wildman–Crippen MR) is 143 cm³/mol. The zero-order valence-corrected chi connectivity index (χ0v) is 21.0. The minimum absolute atomic E-state index is 0.136. The van der Waals surface area contributed by atoms with Gasteiger partial charge in [0, 0.05) is 43.3 Å². The number of aromatic nitrogens is 2. The molecule has 5 rings (SSSR count). The molecule has 0 saturated carbocycles. The number of alkyl halides is 3. The molecule has 1 aliphatic heterocycles. The van der Waals surface area contributed by atoms with Gasteiger partial charge in [-0.05, 0) is 73.1 Å². The number of fused-ring (bicyclic) bond motifs is 1. The Kier molecular flexibility index (Phi) is 6.66. The number of hydrogen-bond acceptors (Lipinski definition) is 6. The van der Waals surface area contributed by atoms with Crippen LogP contribution in [0.5, 0.6) is 0 Å². The van der Waals surface area contributed by atoms with Gasteiger partial charge in [0.15, 0.2) is 0 Å². The minimum atomic E-state index is -4.53. The molecule has 4 aromatic rings. The molecular weight excluding hydrogens is 493 g/mol. The lowest BCUT2D eigenvalue weighted by molar-refractivity contribution is -0.137. The quantitative estimate of drug-likeness (QED) is 0.384. The van der Waals surface area contributed by atoms with E-state index in [1.165, 1.54) is 6.07 Å². The van der Waals surface area contributed by atoms with Crippen LogP contribution in [0.1, 0.15) is 21.5 Å². The molecule has 1 aliphatic rings. The van der Waals surface area contributed by atoms with Crippen molar-refractivity contribution in [2.24, 2.45) is 0 Å². The number of amides is 1. The number of benzene rings is 3. The monoisotopic (exact) mass is 520 g/mol. The number of piperazine rings is 1. The second kappa shape index (κ2) is 9.94. The zero-order chi connectivity index (χ0) is 27.0. The van der Waals surface area contributed by atoms with Crippen molar-refractivity contribution in [3.8, 4) is 11.1 Å². The molecule has 1 saturated heterocycles. The summed E-state index contributed by atoms with van der Waals surface area (Å²) in [4.78, 5) is 25.8. The first-order chi connectivity index (χ1) is 18.1. The van der Waals surface area contributed by atoms with E-state index in [0.29, 0.717) is 29.9 Å². The Morgan fingerprint density at radius 3 is 2.50 bits per heavy atom. The van der Waals surface area contributed by atoms with Crippen molar-refractivity contribution < 1.29 is 18.0 Å². The fourth-order valence-electron chi connectivity index (χ4n) is 4.62. The Labute approximate surface area is 218 Å². The lowest BCUT2D eigenvalue weighted by Gasteiger charge is -2.35. The molecule has 1 amide bonds. The van der Waals surface area contributed by atoms with Gasteiger partial charge in [-0.2, -0.15) is 13.2 Å². The zero-order valence-electron chi connectivity index (χ0n) is 21.0. The summed E-state index contributed by atoms with van der Waals surface area (Å²) < 4.78 is 40.6. The van der Waals surface area contributed by atoms with Gasteiger partial charge < -0.3 is 20.9 Å². The summed E-state index contributed by atoms with van der Waals surface area (Å²) in [5.41, 5.74) is 9.22. The van der Waals surface area contributed by atoms with Crippen molar-refractivity contribution in [3.63, 3.8) is 0 Å². The maximum atomic E-state index is 13.5. The number of nitrogen functional groups attached to an aromatic ring is 1. The van der Waals surface area contributed by atoms with Gasteiger partial charge in [-0.15, -0.1) is 0 Å². The first-order valence-corrected chi connectivity index (χ1v) is 12.2. The molecule has 0 aliphatic carbocycles. The highest BCUT2D eigenvalue weighted by molar-refractivity contribution is 6.07. The van der Waals surface area contributed by atoms with Crippen molar-refractivity contribution in [2.75, 3.05) is 49.2 Å². The van der Waals surface area contributed by atoms with Gasteiger partial charge in [-0.25, -0.2) is 9.97 Å². The van der Waals surface area contributed by atoms with Gasteiger partial charge in [-0.1, -0.05) is 12.1 Å². The van der Waals surface area contributed by atoms with Crippen molar-refractivity contribution in [3.05, 3.63) is 77.5 Å². The average molecular weight is 521 g/mol. The number of aryl methyl sites for hydroxylation is 1. The summed E-state index contributed by atoms with van der Waals surface area (Å²) in [5.74, 6) is -0.302. The molecule has 0 spiro atoms. The molecule has 38 heavy (non-hydrogen) atoms. The van der Waals surface area contributed by atoms with Crippen molar-refractivity contribution in [2.45, 2.75) is 13.1 Å². The Morgan fingerprint density at radius 1 is 1.00 bits per heavy atom. The summed E-state index contributed by atoms with van der Waals surface area (Å²) in [6, 6.07) is 14.4. The number of carbonyl (C=O) groups is 1. The largest absolute Gasteiger partial charge is 0.416 e. The number of nitrogens with zero attached hydrogens (tertiary/aromatic N) is 4. The Bertz CT molecular complexity index is 1510. The lowest BCUT2D eigenvalue weighted by atomic mass is 9.97. The van der Waals surface area contributed by atoms with E-state index < -0.39 is 17.6 Å². The molecular formula is C28H27F3N6O. The predicted octanol–water partition coefficient (Wildman–Crippen LogP) is 5.21. The third-order valence-electron chi connectivity index (χ3n) is 6.83. The molecule has 196 valence electrons. The fourth-order valence-corrected chi connectivity index (χ4v) is 4.62. The highest BCUT2D eigenvalue weighted by atomic mass is 19.4. The topological polar surface area (TPSA) is 87.4 Å². The molecule has 1 aromatic heterocycles. The smallest absolute Gasteiger partial charge is 0.368 e. The van der Waals surface area contributed by atoms with Crippen LogP contribution in [0.4, 0.5) is 30.5 Å². The third kappa shape index (κ3) is 5.26. The van der Waals surface area contributed by atoms with E-state index in [2.05, 4.69) is 20.2 Å². The molecule has 7 nitrogen and oxygen atoms in total. The minimum Gasteiger partial charge on any atom is -0.368 e. The number of nitrogens with two attached hydrogens (primary N) is 1. The van der Waals surface area contributed by atoms with Gasteiger partial charge in [0.1, 0.15) is 0 Å². The maximum Gasteiger partial charge on any atom is 0.416 e. The van der Waals surface area contributed by atoms with Gasteiger partial charge in [0.2, 0.25) is 5.95 Å². The van der Waals surface area contributed by atoms with Crippen molar-refractivity contribution in [1.29, 1.82) is 0 Å². The highest BCUT2D eigenvalue weighted by Gasteiger charge is 2.32. The Balaban J connectivity index is 1.48. The van der Waals surface area contributed by atoms with Crippen LogP contribution in [-0.4, -0.2) is 54.0 Å². The second-order valence-electron chi connectivity index (χ2n) is 9.51. The lowest BCUT2D eigenvalue weighted by Crippen LogP contribution is -2.44. The van der Waals surface area contributed by atoms with Crippen LogP contribution in [-0.2, 0) is 6.18 Å². The first kappa shape index (κ1) is 25.5. The molecule has 0 unspecified atom stereocenters. The van der Waals surface area contributed by atoms with Crippen LogP contribution in [0.2, 0.25) is 0 Å². The Morgan fingerprint density at radius 2 is 1.76 bits per heavy atom. The van der Waals surface area contributed by atoms with E-state index in [-0.39, 0.29) is 11.6 Å². The van der Waals surface area contributed by atoms with Crippen LogP contribution in [0.15, 0.2) is 60.8 Å².